The van der Waals surface area contributed by atoms with Gasteiger partial charge in [0.05, 0.1) is 0 Å². The van der Waals surface area contributed by atoms with Crippen LogP contribution in [0.4, 0.5) is 0 Å². The Labute approximate surface area is 133 Å². The lowest BCUT2D eigenvalue weighted by atomic mass is 10.2. The normalized spacial score (nSPS) is 10.8. The third kappa shape index (κ3) is 4.76. The predicted molar refractivity (Wildman–Crippen MR) is 90.0 cm³/mol. The van der Waals surface area contributed by atoms with Crippen LogP contribution in [0.25, 0.3) is 0 Å². The minimum atomic E-state index is 0.631. The first-order valence-corrected chi connectivity index (χ1v) is 7.80. The molecule has 1 heterocycles. The van der Waals surface area contributed by atoms with Crippen LogP contribution in [0.3, 0.4) is 0 Å². The Morgan fingerprint density at radius 1 is 1.30 bits per heavy atom. The summed E-state index contributed by atoms with van der Waals surface area (Å²) in [5.74, 6) is 2.35. The molecule has 0 aliphatic heterocycles. The van der Waals surface area contributed by atoms with E-state index in [9.17, 15) is 0 Å². The maximum atomic E-state index is 5.96. The van der Waals surface area contributed by atoms with Gasteiger partial charge in [-0.2, -0.15) is 0 Å². The number of nitrogens with one attached hydrogen (secondary N) is 1. The average molecular weight is 382 g/mol. The molecule has 1 N–H and O–H groups in total. The molecule has 0 spiro atoms. The molecule has 3 nitrogen and oxygen atoms in total. The highest BCUT2D eigenvalue weighted by atomic mass is 127. The lowest BCUT2D eigenvalue weighted by molar-refractivity contribution is 0.467. The number of rotatable bonds is 6. The number of ether oxygens (including phenoxy) is 1. The third-order valence-corrected chi connectivity index (χ3v) is 3.42. The van der Waals surface area contributed by atoms with Crippen molar-refractivity contribution in [3.63, 3.8) is 0 Å². The summed E-state index contributed by atoms with van der Waals surface area (Å²) in [6.07, 6.45) is 3.62. The van der Waals surface area contributed by atoms with Gasteiger partial charge in [0.25, 0.3) is 0 Å². The number of benzene rings is 1. The zero-order valence-corrected chi connectivity index (χ0v) is 13.9. The van der Waals surface area contributed by atoms with Crippen molar-refractivity contribution in [2.75, 3.05) is 6.54 Å². The molecule has 0 atom stereocenters. The summed E-state index contributed by atoms with van der Waals surface area (Å²) in [4.78, 5) is 4.18. The fourth-order valence-corrected chi connectivity index (χ4v) is 2.31. The van der Waals surface area contributed by atoms with Crippen molar-refractivity contribution in [1.29, 1.82) is 0 Å². The number of halogens is 1. The van der Waals surface area contributed by atoms with E-state index in [4.69, 9.17) is 4.74 Å². The molecule has 4 heteroatoms. The molecular weight excluding hydrogens is 363 g/mol. The minimum absolute atomic E-state index is 0.631. The summed E-state index contributed by atoms with van der Waals surface area (Å²) < 4.78 is 7.12. The fraction of sp³-hybridized carbons (Fsp3) is 0.312. The second-order valence-electron chi connectivity index (χ2n) is 5.07. The van der Waals surface area contributed by atoms with Crippen LogP contribution in [0.5, 0.6) is 11.5 Å². The van der Waals surface area contributed by atoms with E-state index < -0.39 is 0 Å². The zero-order chi connectivity index (χ0) is 14.4. The Kier molecular flexibility index (Phi) is 5.79. The molecule has 0 saturated heterocycles. The van der Waals surface area contributed by atoms with Crippen LogP contribution in [0.2, 0.25) is 0 Å². The highest BCUT2D eigenvalue weighted by molar-refractivity contribution is 14.1. The third-order valence-electron chi connectivity index (χ3n) is 2.75. The molecule has 0 amide bonds. The SMILES string of the molecule is CC(C)CNCc1cnccc1Oc1cccc(I)c1. The molecule has 1 aromatic heterocycles. The van der Waals surface area contributed by atoms with Crippen molar-refractivity contribution >= 4 is 22.6 Å². The number of aromatic nitrogens is 1. The van der Waals surface area contributed by atoms with Crippen molar-refractivity contribution in [2.24, 2.45) is 5.92 Å². The van der Waals surface area contributed by atoms with Gasteiger partial charge in [0.15, 0.2) is 0 Å². The predicted octanol–water partition coefficient (Wildman–Crippen LogP) is 4.22. The van der Waals surface area contributed by atoms with Crippen molar-refractivity contribution in [3.8, 4) is 11.5 Å². The Balaban J connectivity index is 2.07. The van der Waals surface area contributed by atoms with Gasteiger partial charge in [-0.1, -0.05) is 19.9 Å². The van der Waals surface area contributed by atoms with Crippen LogP contribution in [-0.4, -0.2) is 11.5 Å². The average Bonchev–Trinajstić information content (AvgIpc) is 2.40. The highest BCUT2D eigenvalue weighted by Gasteiger charge is 2.05. The molecule has 0 saturated carbocycles. The van der Waals surface area contributed by atoms with E-state index in [0.717, 1.165) is 33.7 Å². The fourth-order valence-electron chi connectivity index (χ4n) is 1.80. The first-order chi connectivity index (χ1) is 9.65. The van der Waals surface area contributed by atoms with Gasteiger partial charge in [-0.05, 0) is 59.3 Å². The molecular formula is C16H19IN2O. The van der Waals surface area contributed by atoms with Crippen LogP contribution >= 0.6 is 22.6 Å². The van der Waals surface area contributed by atoms with Crippen molar-refractivity contribution in [1.82, 2.24) is 10.3 Å². The van der Waals surface area contributed by atoms with Crippen LogP contribution in [0, 0.1) is 9.49 Å². The molecule has 106 valence electrons. The Bertz CT molecular complexity index is 558. The Morgan fingerprint density at radius 2 is 2.15 bits per heavy atom. The molecule has 0 radical (unpaired) electrons. The molecule has 0 aliphatic rings. The molecule has 0 fully saturated rings. The van der Waals surface area contributed by atoms with E-state index in [-0.39, 0.29) is 0 Å². The number of hydrogen-bond acceptors (Lipinski definition) is 3. The van der Waals surface area contributed by atoms with E-state index in [1.54, 1.807) is 6.20 Å². The molecule has 2 aromatic rings. The monoisotopic (exact) mass is 382 g/mol. The largest absolute Gasteiger partial charge is 0.457 e. The summed E-state index contributed by atoms with van der Waals surface area (Å²) in [5, 5.41) is 3.42. The summed E-state index contributed by atoms with van der Waals surface area (Å²) in [6, 6.07) is 9.94. The van der Waals surface area contributed by atoms with Gasteiger partial charge < -0.3 is 10.1 Å². The maximum absolute atomic E-state index is 5.96. The lowest BCUT2D eigenvalue weighted by Gasteiger charge is -2.12. The van der Waals surface area contributed by atoms with Crippen LogP contribution < -0.4 is 10.1 Å². The first kappa shape index (κ1) is 15.3. The van der Waals surface area contributed by atoms with Gasteiger partial charge in [-0.25, -0.2) is 0 Å². The summed E-state index contributed by atoms with van der Waals surface area (Å²) in [7, 11) is 0. The first-order valence-electron chi connectivity index (χ1n) is 6.72. The minimum Gasteiger partial charge on any atom is -0.457 e. The topological polar surface area (TPSA) is 34.2 Å². The van der Waals surface area contributed by atoms with Gasteiger partial charge in [0, 0.05) is 28.1 Å². The number of nitrogens with zero attached hydrogens (tertiary/aromatic N) is 1. The molecule has 20 heavy (non-hydrogen) atoms. The maximum Gasteiger partial charge on any atom is 0.134 e. The van der Waals surface area contributed by atoms with Gasteiger partial charge in [-0.3, -0.25) is 4.98 Å². The summed E-state index contributed by atoms with van der Waals surface area (Å²) >= 11 is 2.28. The van der Waals surface area contributed by atoms with E-state index in [2.05, 4.69) is 46.7 Å². The van der Waals surface area contributed by atoms with E-state index in [1.165, 1.54) is 0 Å². The van der Waals surface area contributed by atoms with Gasteiger partial charge >= 0.3 is 0 Å². The van der Waals surface area contributed by atoms with Gasteiger partial charge in [-0.15, -0.1) is 0 Å². The molecule has 0 bridgehead atoms. The molecule has 1 aromatic carbocycles. The summed E-state index contributed by atoms with van der Waals surface area (Å²) in [6.45, 7) is 6.14. The van der Waals surface area contributed by atoms with Crippen molar-refractivity contribution in [2.45, 2.75) is 20.4 Å². The second-order valence-corrected chi connectivity index (χ2v) is 6.31. The molecule has 2 rings (SSSR count). The second kappa shape index (κ2) is 7.59. The smallest absolute Gasteiger partial charge is 0.134 e. The summed E-state index contributed by atoms with van der Waals surface area (Å²) in [5.41, 5.74) is 1.08. The Morgan fingerprint density at radius 3 is 2.90 bits per heavy atom. The highest BCUT2D eigenvalue weighted by Crippen LogP contribution is 2.25. The zero-order valence-electron chi connectivity index (χ0n) is 11.8. The number of pyridine rings is 1. The lowest BCUT2D eigenvalue weighted by Crippen LogP contribution is -2.19. The van der Waals surface area contributed by atoms with Crippen molar-refractivity contribution in [3.05, 3.63) is 51.9 Å². The van der Waals surface area contributed by atoms with Gasteiger partial charge in [0.2, 0.25) is 0 Å². The number of hydrogen-bond donors (Lipinski definition) is 1. The van der Waals surface area contributed by atoms with Crippen molar-refractivity contribution < 1.29 is 4.74 Å². The van der Waals surface area contributed by atoms with E-state index >= 15 is 0 Å². The van der Waals surface area contributed by atoms with E-state index in [0.29, 0.717) is 5.92 Å². The Hall–Kier alpha value is -1.14. The van der Waals surface area contributed by atoms with Crippen LogP contribution in [-0.2, 0) is 6.54 Å². The molecule has 0 aliphatic carbocycles. The van der Waals surface area contributed by atoms with E-state index in [1.807, 2.05) is 36.5 Å². The quantitative estimate of drug-likeness (QED) is 0.760. The standard InChI is InChI=1S/C16H19IN2O/c1-12(2)9-19-11-13-10-18-7-6-16(13)20-15-5-3-4-14(17)8-15/h3-8,10,12,19H,9,11H2,1-2H3. The molecule has 0 unspecified atom stereocenters. The van der Waals surface area contributed by atoms with Crippen LogP contribution in [0.15, 0.2) is 42.7 Å². The van der Waals surface area contributed by atoms with Gasteiger partial charge in [0.1, 0.15) is 11.5 Å². The van der Waals surface area contributed by atoms with Crippen LogP contribution in [0.1, 0.15) is 19.4 Å².